The summed E-state index contributed by atoms with van der Waals surface area (Å²) in [4.78, 5) is 50.4. The van der Waals surface area contributed by atoms with Crippen LogP contribution in [0.3, 0.4) is 0 Å². The first-order chi connectivity index (χ1) is 14.8. The zero-order valence-corrected chi connectivity index (χ0v) is 17.8. The van der Waals surface area contributed by atoms with Gasteiger partial charge in [0.05, 0.1) is 12.6 Å². The number of nitrogens with zero attached hydrogens (tertiary/aromatic N) is 1. The lowest BCUT2D eigenvalue weighted by molar-refractivity contribution is -0.150. The third-order valence-corrected chi connectivity index (χ3v) is 5.46. The number of nitrogens with one attached hydrogen (secondary N) is 2. The van der Waals surface area contributed by atoms with Crippen LogP contribution < -0.4 is 16.4 Å². The number of rotatable bonds is 10. The maximum absolute atomic E-state index is 12.9. The molecule has 4 atom stereocenters. The average molecular weight is 453 g/mol. The fraction of sp³-hybridized carbons (Fsp3) is 0.500. The molecule has 1 fully saturated rings. The van der Waals surface area contributed by atoms with Crippen molar-refractivity contribution in [2.45, 2.75) is 43.4 Å². The van der Waals surface area contributed by atoms with Gasteiger partial charge in [-0.2, -0.15) is 12.6 Å². The van der Waals surface area contributed by atoms with Gasteiger partial charge < -0.3 is 31.5 Å². The third kappa shape index (κ3) is 6.68. The third-order valence-electron chi connectivity index (χ3n) is 5.07. The van der Waals surface area contributed by atoms with E-state index >= 15 is 0 Å². The Morgan fingerprint density at radius 1 is 1.13 bits per heavy atom. The molecule has 1 aliphatic rings. The van der Waals surface area contributed by atoms with Crippen LogP contribution >= 0.6 is 12.6 Å². The predicted molar refractivity (Wildman–Crippen MR) is 115 cm³/mol. The Hall–Kier alpha value is -2.63. The summed E-state index contributed by atoms with van der Waals surface area (Å²) < 4.78 is 0. The van der Waals surface area contributed by atoms with Crippen LogP contribution in [0.2, 0.25) is 0 Å². The summed E-state index contributed by atoms with van der Waals surface area (Å²) >= 11 is 3.98. The lowest BCUT2D eigenvalue weighted by Crippen LogP contribution is -2.58. The smallest absolute Gasteiger partial charge is 0.326 e. The maximum Gasteiger partial charge on any atom is 0.326 e. The molecule has 1 heterocycles. The van der Waals surface area contributed by atoms with Gasteiger partial charge >= 0.3 is 5.97 Å². The maximum atomic E-state index is 12.9. The number of aliphatic hydroxyl groups excluding tert-OH is 1. The topological polar surface area (TPSA) is 162 Å². The summed E-state index contributed by atoms with van der Waals surface area (Å²) in [6, 6.07) is 4.62. The van der Waals surface area contributed by atoms with E-state index < -0.39 is 54.5 Å². The molecular formula is C20H28N4O6S. The number of carbonyl (C=O) groups is 4. The molecule has 0 aliphatic carbocycles. The first-order valence-corrected chi connectivity index (χ1v) is 10.6. The summed E-state index contributed by atoms with van der Waals surface area (Å²) in [5.74, 6) is -3.01. The molecule has 3 amide bonds. The highest BCUT2D eigenvalue weighted by atomic mass is 32.1. The Labute approximate surface area is 185 Å². The number of carboxylic acid groups (broad SMARTS) is 1. The fourth-order valence-electron chi connectivity index (χ4n) is 3.37. The van der Waals surface area contributed by atoms with Crippen LogP contribution in [0.25, 0.3) is 0 Å². The molecule has 0 radical (unpaired) electrons. The van der Waals surface area contributed by atoms with E-state index in [1.54, 1.807) is 24.3 Å². The van der Waals surface area contributed by atoms with E-state index in [0.717, 1.165) is 10.5 Å². The van der Waals surface area contributed by atoms with Crippen molar-refractivity contribution in [2.75, 3.05) is 18.9 Å². The zero-order valence-electron chi connectivity index (χ0n) is 16.9. The molecule has 1 aliphatic heterocycles. The minimum Gasteiger partial charge on any atom is -0.480 e. The van der Waals surface area contributed by atoms with E-state index in [2.05, 4.69) is 23.3 Å². The number of thiol groups is 1. The average Bonchev–Trinajstić information content (AvgIpc) is 3.26. The summed E-state index contributed by atoms with van der Waals surface area (Å²) in [6.45, 7) is -0.487. The van der Waals surface area contributed by atoms with Crippen LogP contribution in [-0.2, 0) is 25.6 Å². The Morgan fingerprint density at radius 2 is 1.77 bits per heavy atom. The van der Waals surface area contributed by atoms with Gasteiger partial charge in [0, 0.05) is 18.7 Å². The van der Waals surface area contributed by atoms with Gasteiger partial charge in [-0.25, -0.2) is 4.79 Å². The molecule has 0 bridgehead atoms. The number of hydrogen-bond acceptors (Lipinski definition) is 7. The van der Waals surface area contributed by atoms with Gasteiger partial charge in [-0.3, -0.25) is 14.4 Å². The van der Waals surface area contributed by atoms with E-state index in [1.807, 2.05) is 6.07 Å². The molecule has 0 saturated carbocycles. The lowest BCUT2D eigenvalue weighted by Gasteiger charge is -2.28. The van der Waals surface area contributed by atoms with E-state index in [0.29, 0.717) is 12.8 Å². The van der Waals surface area contributed by atoms with Crippen molar-refractivity contribution in [3.63, 3.8) is 0 Å². The molecule has 0 spiro atoms. The van der Waals surface area contributed by atoms with Crippen LogP contribution in [0.5, 0.6) is 0 Å². The molecule has 1 saturated heterocycles. The molecule has 4 unspecified atom stereocenters. The first kappa shape index (κ1) is 24.6. The van der Waals surface area contributed by atoms with Crippen molar-refractivity contribution in [1.29, 1.82) is 0 Å². The van der Waals surface area contributed by atoms with Crippen molar-refractivity contribution in [1.82, 2.24) is 15.5 Å². The summed E-state index contributed by atoms with van der Waals surface area (Å²) in [5, 5.41) is 24.0. The number of aliphatic carboxylic acids is 1. The van der Waals surface area contributed by atoms with E-state index in [1.165, 1.54) is 0 Å². The number of carbonyl (C=O) groups excluding carboxylic acids is 3. The van der Waals surface area contributed by atoms with Crippen molar-refractivity contribution in [3.8, 4) is 0 Å². The minimum absolute atomic E-state index is 0.0782. The Kier molecular flexibility index (Phi) is 9.28. The van der Waals surface area contributed by atoms with Gasteiger partial charge in [-0.1, -0.05) is 30.3 Å². The van der Waals surface area contributed by atoms with Crippen LogP contribution in [0.1, 0.15) is 18.4 Å². The second-order valence-corrected chi connectivity index (χ2v) is 7.68. The SMILES string of the molecule is NC(CS)C(=O)NC(Cc1ccccc1)C(=O)NC(CO)C(=O)N1CCCC1C(=O)O. The highest BCUT2D eigenvalue weighted by Crippen LogP contribution is 2.18. The Balaban J connectivity index is 2.14. The number of aliphatic hydroxyl groups is 1. The van der Waals surface area contributed by atoms with E-state index in [4.69, 9.17) is 5.73 Å². The minimum atomic E-state index is -1.33. The molecule has 0 aromatic heterocycles. The van der Waals surface area contributed by atoms with Crippen LogP contribution in [0, 0.1) is 0 Å². The van der Waals surface area contributed by atoms with Crippen molar-refractivity contribution in [2.24, 2.45) is 5.73 Å². The number of nitrogens with two attached hydrogens (primary N) is 1. The predicted octanol–water partition coefficient (Wildman–Crippen LogP) is -1.48. The van der Waals surface area contributed by atoms with Gasteiger partial charge in [0.25, 0.3) is 0 Å². The monoisotopic (exact) mass is 452 g/mol. The largest absolute Gasteiger partial charge is 0.480 e. The molecule has 2 rings (SSSR count). The summed E-state index contributed by atoms with van der Waals surface area (Å²) in [5.41, 5.74) is 6.45. The molecule has 170 valence electrons. The zero-order chi connectivity index (χ0) is 23.0. The van der Waals surface area contributed by atoms with E-state index in [9.17, 15) is 29.4 Å². The standard InChI is InChI=1S/C20H28N4O6S/c21-13(11-31)17(26)22-14(9-12-5-2-1-3-6-12)18(27)23-15(10-25)19(28)24-8-4-7-16(24)20(29)30/h1-3,5-6,13-16,25,31H,4,7-11,21H2,(H,22,26)(H,23,27)(H,29,30). The molecule has 1 aromatic carbocycles. The number of carboxylic acids is 1. The van der Waals surface area contributed by atoms with Gasteiger partial charge in [-0.15, -0.1) is 0 Å². The Bertz CT molecular complexity index is 793. The van der Waals surface area contributed by atoms with Gasteiger partial charge in [0.1, 0.15) is 18.1 Å². The second kappa shape index (κ2) is 11.7. The molecule has 1 aromatic rings. The van der Waals surface area contributed by atoms with Crippen LogP contribution in [0.15, 0.2) is 30.3 Å². The highest BCUT2D eigenvalue weighted by Gasteiger charge is 2.38. The highest BCUT2D eigenvalue weighted by molar-refractivity contribution is 7.80. The normalized spacial score (nSPS) is 18.7. The molecule has 10 nitrogen and oxygen atoms in total. The van der Waals surface area contributed by atoms with Gasteiger partial charge in [0.15, 0.2) is 0 Å². The molecular weight excluding hydrogens is 424 g/mol. The fourth-order valence-corrected chi connectivity index (χ4v) is 3.53. The van der Waals surface area contributed by atoms with Gasteiger partial charge in [0.2, 0.25) is 17.7 Å². The first-order valence-electron chi connectivity index (χ1n) is 9.93. The van der Waals surface area contributed by atoms with E-state index in [-0.39, 0.29) is 18.7 Å². The number of hydrogen-bond donors (Lipinski definition) is 6. The molecule has 11 heteroatoms. The van der Waals surface area contributed by atoms with Crippen molar-refractivity contribution in [3.05, 3.63) is 35.9 Å². The van der Waals surface area contributed by atoms with Crippen LogP contribution in [0.4, 0.5) is 0 Å². The summed E-state index contributed by atoms with van der Waals surface area (Å²) in [7, 11) is 0. The number of likely N-dealkylation sites (tertiary alicyclic amines) is 1. The quantitative estimate of drug-likeness (QED) is 0.236. The number of amides is 3. The lowest BCUT2D eigenvalue weighted by atomic mass is 10.0. The molecule has 6 N–H and O–H groups in total. The number of benzene rings is 1. The summed E-state index contributed by atoms with van der Waals surface area (Å²) in [6.07, 6.45) is 0.954. The van der Waals surface area contributed by atoms with Crippen molar-refractivity contribution < 1.29 is 29.4 Å². The molecule has 31 heavy (non-hydrogen) atoms. The Morgan fingerprint density at radius 3 is 2.35 bits per heavy atom. The second-order valence-electron chi connectivity index (χ2n) is 7.31. The van der Waals surface area contributed by atoms with Gasteiger partial charge in [-0.05, 0) is 18.4 Å². The van der Waals surface area contributed by atoms with Crippen LogP contribution in [-0.4, -0.2) is 81.9 Å². The van der Waals surface area contributed by atoms with Crippen molar-refractivity contribution >= 4 is 36.3 Å².